The SMILES string of the molecule is Cc1cc2c(cc1F)CCC(N)C2.Cl. The average Bonchev–Trinajstić information content (AvgIpc) is 2.08. The van der Waals surface area contributed by atoms with Crippen LogP contribution in [-0.4, -0.2) is 6.04 Å². The highest BCUT2D eigenvalue weighted by Crippen LogP contribution is 2.23. The first kappa shape index (κ1) is 11.5. The van der Waals surface area contributed by atoms with Crippen molar-refractivity contribution in [2.24, 2.45) is 5.73 Å². The van der Waals surface area contributed by atoms with E-state index in [1.165, 1.54) is 5.56 Å². The second-order valence-corrected chi connectivity index (χ2v) is 3.87. The molecular formula is C11H15ClFN. The van der Waals surface area contributed by atoms with Crippen LogP contribution >= 0.6 is 12.4 Å². The summed E-state index contributed by atoms with van der Waals surface area (Å²) in [5.74, 6) is -0.0887. The van der Waals surface area contributed by atoms with Crippen LogP contribution in [-0.2, 0) is 12.8 Å². The zero-order valence-electron chi connectivity index (χ0n) is 8.22. The van der Waals surface area contributed by atoms with Gasteiger partial charge in [-0.15, -0.1) is 12.4 Å². The van der Waals surface area contributed by atoms with Crippen molar-refractivity contribution in [3.05, 3.63) is 34.6 Å². The van der Waals surface area contributed by atoms with E-state index in [2.05, 4.69) is 0 Å². The van der Waals surface area contributed by atoms with Gasteiger partial charge in [-0.3, -0.25) is 0 Å². The molecule has 1 nitrogen and oxygen atoms in total. The lowest BCUT2D eigenvalue weighted by molar-refractivity contribution is 0.563. The molecule has 0 aromatic heterocycles. The zero-order chi connectivity index (χ0) is 9.42. The van der Waals surface area contributed by atoms with Crippen LogP contribution < -0.4 is 5.73 Å². The standard InChI is InChI=1S/C11H14FN.ClH/c1-7-4-9-5-10(13)3-2-8(9)6-11(7)12;/h4,6,10H,2-3,5,13H2,1H3;1H. The van der Waals surface area contributed by atoms with Crippen molar-refractivity contribution in [2.75, 3.05) is 0 Å². The molecule has 2 rings (SSSR count). The minimum atomic E-state index is -0.0887. The lowest BCUT2D eigenvalue weighted by Crippen LogP contribution is -2.28. The lowest BCUT2D eigenvalue weighted by Gasteiger charge is -2.21. The fourth-order valence-electron chi connectivity index (χ4n) is 1.93. The van der Waals surface area contributed by atoms with E-state index in [1.807, 2.05) is 6.07 Å². The van der Waals surface area contributed by atoms with Crippen LogP contribution in [0.1, 0.15) is 23.1 Å². The first-order valence-corrected chi connectivity index (χ1v) is 4.70. The molecule has 1 atom stereocenters. The number of hydrogen-bond acceptors (Lipinski definition) is 1. The van der Waals surface area contributed by atoms with E-state index in [1.54, 1.807) is 13.0 Å². The number of halogens is 2. The van der Waals surface area contributed by atoms with Gasteiger partial charge >= 0.3 is 0 Å². The molecule has 0 bridgehead atoms. The van der Waals surface area contributed by atoms with E-state index in [-0.39, 0.29) is 24.3 Å². The van der Waals surface area contributed by atoms with Gasteiger partial charge in [0.25, 0.3) is 0 Å². The van der Waals surface area contributed by atoms with E-state index in [0.29, 0.717) is 0 Å². The van der Waals surface area contributed by atoms with Gasteiger partial charge in [-0.2, -0.15) is 0 Å². The summed E-state index contributed by atoms with van der Waals surface area (Å²) in [7, 11) is 0. The summed E-state index contributed by atoms with van der Waals surface area (Å²) in [6, 6.07) is 3.86. The van der Waals surface area contributed by atoms with Crippen LogP contribution in [0.5, 0.6) is 0 Å². The quantitative estimate of drug-likeness (QED) is 0.707. The molecule has 14 heavy (non-hydrogen) atoms. The lowest BCUT2D eigenvalue weighted by atomic mass is 9.87. The largest absolute Gasteiger partial charge is 0.327 e. The van der Waals surface area contributed by atoms with Gasteiger partial charge in [0.2, 0.25) is 0 Å². The molecule has 1 unspecified atom stereocenters. The van der Waals surface area contributed by atoms with Crippen molar-refractivity contribution < 1.29 is 4.39 Å². The van der Waals surface area contributed by atoms with Gasteiger partial charge in [-0.1, -0.05) is 6.07 Å². The fraction of sp³-hybridized carbons (Fsp3) is 0.455. The van der Waals surface area contributed by atoms with E-state index < -0.39 is 0 Å². The Bertz CT molecular complexity index is 338. The van der Waals surface area contributed by atoms with Gasteiger partial charge in [0.1, 0.15) is 5.82 Å². The first-order valence-electron chi connectivity index (χ1n) is 4.70. The van der Waals surface area contributed by atoms with E-state index >= 15 is 0 Å². The molecule has 0 aliphatic heterocycles. The van der Waals surface area contributed by atoms with Gasteiger partial charge in [0.15, 0.2) is 0 Å². The highest BCUT2D eigenvalue weighted by Gasteiger charge is 2.16. The maximum Gasteiger partial charge on any atom is 0.126 e. The summed E-state index contributed by atoms with van der Waals surface area (Å²) in [6.45, 7) is 1.80. The minimum absolute atomic E-state index is 0. The van der Waals surface area contributed by atoms with E-state index in [9.17, 15) is 4.39 Å². The average molecular weight is 216 g/mol. The Kier molecular flexibility index (Phi) is 3.51. The van der Waals surface area contributed by atoms with Crippen LogP contribution in [0.15, 0.2) is 12.1 Å². The van der Waals surface area contributed by atoms with Crippen molar-refractivity contribution in [1.29, 1.82) is 0 Å². The minimum Gasteiger partial charge on any atom is -0.327 e. The maximum absolute atomic E-state index is 13.2. The number of nitrogens with two attached hydrogens (primary N) is 1. The normalized spacial score (nSPS) is 19.8. The van der Waals surface area contributed by atoms with E-state index in [4.69, 9.17) is 5.73 Å². The molecule has 0 heterocycles. The Balaban J connectivity index is 0.000000980. The van der Waals surface area contributed by atoms with Crippen LogP contribution in [0.2, 0.25) is 0 Å². The van der Waals surface area contributed by atoms with Crippen molar-refractivity contribution in [3.8, 4) is 0 Å². The molecule has 3 heteroatoms. The second kappa shape index (κ2) is 4.28. The van der Waals surface area contributed by atoms with Gasteiger partial charge in [0, 0.05) is 6.04 Å². The fourth-order valence-corrected chi connectivity index (χ4v) is 1.93. The number of hydrogen-bond donors (Lipinski definition) is 1. The second-order valence-electron chi connectivity index (χ2n) is 3.87. The third-order valence-corrected chi connectivity index (χ3v) is 2.75. The molecule has 1 aromatic carbocycles. The first-order chi connectivity index (χ1) is 6.16. The Morgan fingerprint density at radius 1 is 1.36 bits per heavy atom. The summed E-state index contributed by atoms with van der Waals surface area (Å²) in [5.41, 5.74) is 8.95. The number of rotatable bonds is 0. The zero-order valence-corrected chi connectivity index (χ0v) is 9.03. The predicted molar refractivity (Wildman–Crippen MR) is 58.4 cm³/mol. The molecular weight excluding hydrogens is 201 g/mol. The van der Waals surface area contributed by atoms with Crippen LogP contribution in [0, 0.1) is 12.7 Å². The van der Waals surface area contributed by atoms with E-state index in [0.717, 1.165) is 30.4 Å². The van der Waals surface area contributed by atoms with Gasteiger partial charge in [-0.25, -0.2) is 4.39 Å². The molecule has 1 aliphatic carbocycles. The molecule has 1 aromatic rings. The molecule has 0 radical (unpaired) electrons. The van der Waals surface area contributed by atoms with Crippen LogP contribution in [0.4, 0.5) is 4.39 Å². The predicted octanol–water partition coefficient (Wildman–Crippen LogP) is 2.37. The molecule has 0 amide bonds. The highest BCUT2D eigenvalue weighted by molar-refractivity contribution is 5.85. The Morgan fingerprint density at radius 2 is 2.07 bits per heavy atom. The molecule has 2 N–H and O–H groups in total. The summed E-state index contributed by atoms with van der Waals surface area (Å²) < 4.78 is 13.2. The van der Waals surface area contributed by atoms with Crippen molar-refractivity contribution >= 4 is 12.4 Å². The summed E-state index contributed by atoms with van der Waals surface area (Å²) in [4.78, 5) is 0. The highest BCUT2D eigenvalue weighted by atomic mass is 35.5. The van der Waals surface area contributed by atoms with Crippen LogP contribution in [0.25, 0.3) is 0 Å². The maximum atomic E-state index is 13.2. The monoisotopic (exact) mass is 215 g/mol. The smallest absolute Gasteiger partial charge is 0.126 e. The van der Waals surface area contributed by atoms with Gasteiger partial charge in [-0.05, 0) is 48.9 Å². The van der Waals surface area contributed by atoms with Crippen molar-refractivity contribution in [1.82, 2.24) is 0 Å². The third-order valence-electron chi connectivity index (χ3n) is 2.75. The Morgan fingerprint density at radius 3 is 2.79 bits per heavy atom. The van der Waals surface area contributed by atoms with Crippen molar-refractivity contribution in [3.63, 3.8) is 0 Å². The molecule has 0 spiro atoms. The third kappa shape index (κ3) is 2.07. The van der Waals surface area contributed by atoms with Crippen LogP contribution in [0.3, 0.4) is 0 Å². The Hall–Kier alpha value is -0.600. The summed E-state index contributed by atoms with van der Waals surface area (Å²) in [6.07, 6.45) is 2.81. The topological polar surface area (TPSA) is 26.0 Å². The number of fused-ring (bicyclic) bond motifs is 1. The summed E-state index contributed by atoms with van der Waals surface area (Å²) >= 11 is 0. The summed E-state index contributed by atoms with van der Waals surface area (Å²) in [5, 5.41) is 0. The van der Waals surface area contributed by atoms with Gasteiger partial charge < -0.3 is 5.73 Å². The Labute approximate surface area is 89.9 Å². The van der Waals surface area contributed by atoms with Gasteiger partial charge in [0.05, 0.1) is 0 Å². The molecule has 0 saturated heterocycles. The molecule has 0 fully saturated rings. The number of aryl methyl sites for hydroxylation is 2. The van der Waals surface area contributed by atoms with Crippen molar-refractivity contribution in [2.45, 2.75) is 32.2 Å². The molecule has 1 aliphatic rings. The molecule has 0 saturated carbocycles. The molecule has 78 valence electrons. The number of benzene rings is 1.